The molecule has 2 aromatic rings. The van der Waals surface area contributed by atoms with Gasteiger partial charge in [0.15, 0.2) is 0 Å². The van der Waals surface area contributed by atoms with E-state index in [1.54, 1.807) is 45.9 Å². The summed E-state index contributed by atoms with van der Waals surface area (Å²) in [4.78, 5) is 11.8. The Morgan fingerprint density at radius 2 is 1.82 bits per heavy atom. The number of allylic oxidation sites excluding steroid dienone is 1. The minimum Gasteiger partial charge on any atom is -0.462 e. The average Bonchev–Trinajstić information content (AvgIpc) is 2.58. The molecule has 0 fully saturated rings. The largest absolute Gasteiger partial charge is 0.462 e. The fraction of sp³-hybridized carbons (Fsp3) is 0.318. The van der Waals surface area contributed by atoms with Gasteiger partial charge in [-0.3, -0.25) is 0 Å². The van der Waals surface area contributed by atoms with E-state index >= 15 is 0 Å². The highest BCUT2D eigenvalue weighted by atomic mass is 35.5. The van der Waals surface area contributed by atoms with Crippen LogP contribution in [0.4, 0.5) is 13.2 Å². The molecule has 0 aliphatic carbocycles. The molecule has 0 aromatic heterocycles. The van der Waals surface area contributed by atoms with E-state index in [9.17, 15) is 18.0 Å². The lowest BCUT2D eigenvalue weighted by atomic mass is 9.93. The number of ether oxygens (including phenoxy) is 1. The van der Waals surface area contributed by atoms with Crippen LogP contribution in [-0.2, 0) is 4.74 Å². The Kier molecular flexibility index (Phi) is 6.94. The molecular formula is C22H22ClF3O2. The van der Waals surface area contributed by atoms with Gasteiger partial charge in [-0.2, -0.15) is 13.2 Å². The first kappa shape index (κ1) is 22.0. The van der Waals surface area contributed by atoms with Crippen LogP contribution in [0.1, 0.15) is 51.0 Å². The summed E-state index contributed by atoms with van der Waals surface area (Å²) in [5.41, 5.74) is 3.16. The summed E-state index contributed by atoms with van der Waals surface area (Å²) in [7, 11) is 0. The van der Waals surface area contributed by atoms with Crippen LogP contribution in [0.2, 0.25) is 5.02 Å². The number of rotatable bonds is 5. The third-order valence-corrected chi connectivity index (χ3v) is 4.96. The van der Waals surface area contributed by atoms with E-state index in [4.69, 9.17) is 16.3 Å². The zero-order valence-corrected chi connectivity index (χ0v) is 16.9. The molecule has 0 spiro atoms. The van der Waals surface area contributed by atoms with Crippen molar-refractivity contribution < 1.29 is 22.7 Å². The molecule has 150 valence electrons. The predicted octanol–water partition coefficient (Wildman–Crippen LogP) is 6.80. The van der Waals surface area contributed by atoms with Gasteiger partial charge in [-0.1, -0.05) is 42.0 Å². The highest BCUT2D eigenvalue weighted by Crippen LogP contribution is 2.38. The molecule has 0 aliphatic rings. The van der Waals surface area contributed by atoms with Crippen molar-refractivity contribution in [2.45, 2.75) is 39.8 Å². The molecule has 0 N–H and O–H groups in total. The number of halogens is 4. The number of aryl methyl sites for hydroxylation is 2. The zero-order valence-electron chi connectivity index (χ0n) is 16.2. The van der Waals surface area contributed by atoms with Crippen molar-refractivity contribution in [1.29, 1.82) is 0 Å². The Labute approximate surface area is 168 Å². The molecule has 0 aliphatic heterocycles. The lowest BCUT2D eigenvalue weighted by molar-refractivity contribution is -0.139. The second-order valence-electron chi connectivity index (χ2n) is 6.62. The number of hydrogen-bond acceptors (Lipinski definition) is 2. The Morgan fingerprint density at radius 3 is 2.36 bits per heavy atom. The summed E-state index contributed by atoms with van der Waals surface area (Å²) in [6, 6.07) is 7.68. The molecule has 0 amide bonds. The first-order valence-corrected chi connectivity index (χ1v) is 9.21. The highest BCUT2D eigenvalue weighted by molar-refractivity contribution is 6.31. The average molecular weight is 411 g/mol. The molecule has 28 heavy (non-hydrogen) atoms. The van der Waals surface area contributed by atoms with Crippen LogP contribution in [-0.4, -0.2) is 18.8 Å². The molecular weight excluding hydrogens is 389 g/mol. The first-order valence-electron chi connectivity index (χ1n) is 8.84. The van der Waals surface area contributed by atoms with E-state index in [0.29, 0.717) is 27.3 Å². The van der Waals surface area contributed by atoms with Gasteiger partial charge < -0.3 is 4.74 Å². The van der Waals surface area contributed by atoms with Gasteiger partial charge in [0.2, 0.25) is 0 Å². The summed E-state index contributed by atoms with van der Waals surface area (Å²) >= 11 is 6.09. The van der Waals surface area contributed by atoms with E-state index in [1.165, 1.54) is 18.2 Å². The Balaban J connectivity index is 2.37. The Bertz CT molecular complexity index is 878. The van der Waals surface area contributed by atoms with Gasteiger partial charge in [0.1, 0.15) is 0 Å². The molecule has 0 saturated heterocycles. The normalized spacial score (nSPS) is 13.0. The molecule has 0 heterocycles. The maximum Gasteiger partial charge on any atom is 0.399 e. The third-order valence-electron chi connectivity index (χ3n) is 4.57. The van der Waals surface area contributed by atoms with Gasteiger partial charge in [-0.15, -0.1) is 0 Å². The number of carbonyl (C=O) groups is 1. The third kappa shape index (κ3) is 5.16. The van der Waals surface area contributed by atoms with Crippen molar-refractivity contribution >= 4 is 23.6 Å². The second kappa shape index (κ2) is 8.82. The summed E-state index contributed by atoms with van der Waals surface area (Å²) in [6.45, 7) is 7.19. The fourth-order valence-electron chi connectivity index (χ4n) is 2.87. The highest BCUT2D eigenvalue weighted by Gasteiger charge is 2.39. The lowest BCUT2D eigenvalue weighted by Gasteiger charge is -2.19. The first-order chi connectivity index (χ1) is 13.0. The van der Waals surface area contributed by atoms with E-state index < -0.39 is 18.1 Å². The molecule has 0 saturated carbocycles. The smallest absolute Gasteiger partial charge is 0.399 e. The lowest BCUT2D eigenvalue weighted by Crippen LogP contribution is -2.19. The van der Waals surface area contributed by atoms with Crippen molar-refractivity contribution in [2.75, 3.05) is 6.61 Å². The van der Waals surface area contributed by atoms with Crippen LogP contribution in [0.5, 0.6) is 0 Å². The summed E-state index contributed by atoms with van der Waals surface area (Å²) < 4.78 is 45.9. The van der Waals surface area contributed by atoms with Gasteiger partial charge in [0.05, 0.1) is 18.1 Å². The summed E-state index contributed by atoms with van der Waals surface area (Å²) in [5.74, 6) is -2.23. The monoisotopic (exact) mass is 410 g/mol. The molecule has 2 rings (SSSR count). The molecule has 1 atom stereocenters. The second-order valence-corrected chi connectivity index (χ2v) is 7.03. The minimum atomic E-state index is -4.46. The Hall–Kier alpha value is -2.27. The van der Waals surface area contributed by atoms with Crippen LogP contribution in [0.25, 0.3) is 6.08 Å². The molecule has 6 heteroatoms. The van der Waals surface area contributed by atoms with Crippen LogP contribution >= 0.6 is 11.6 Å². The van der Waals surface area contributed by atoms with Crippen molar-refractivity contribution in [2.24, 2.45) is 0 Å². The van der Waals surface area contributed by atoms with E-state index in [0.717, 1.165) is 11.6 Å². The van der Waals surface area contributed by atoms with Crippen molar-refractivity contribution in [3.63, 3.8) is 0 Å². The standard InChI is InChI=1S/C22H22ClF3O2/c1-5-28-21(27)18-8-6-16(10-14(18)3)7-9-19(22(24,25)26)17-11-13(2)15(4)20(23)12-17/h6-12,19H,5H2,1-4H3/b9-7+. The van der Waals surface area contributed by atoms with Crippen LogP contribution in [0, 0.1) is 20.8 Å². The van der Waals surface area contributed by atoms with Gasteiger partial charge in [-0.05, 0) is 67.6 Å². The minimum absolute atomic E-state index is 0.0942. The number of alkyl halides is 3. The molecule has 0 bridgehead atoms. The van der Waals surface area contributed by atoms with Gasteiger partial charge >= 0.3 is 12.1 Å². The van der Waals surface area contributed by atoms with Crippen LogP contribution in [0.3, 0.4) is 0 Å². The van der Waals surface area contributed by atoms with E-state index in [1.807, 2.05) is 0 Å². The molecule has 2 nitrogen and oxygen atoms in total. The van der Waals surface area contributed by atoms with E-state index in [2.05, 4.69) is 0 Å². The maximum atomic E-state index is 13.7. The topological polar surface area (TPSA) is 26.3 Å². The number of benzene rings is 2. The number of esters is 1. The van der Waals surface area contributed by atoms with Crippen molar-refractivity contribution in [1.82, 2.24) is 0 Å². The zero-order chi connectivity index (χ0) is 21.1. The Morgan fingerprint density at radius 1 is 1.14 bits per heavy atom. The molecule has 1 unspecified atom stereocenters. The van der Waals surface area contributed by atoms with Gasteiger partial charge in [0, 0.05) is 5.02 Å². The summed E-state index contributed by atoms with van der Waals surface area (Å²) in [5, 5.41) is 0.312. The summed E-state index contributed by atoms with van der Waals surface area (Å²) in [6.07, 6.45) is -1.94. The van der Waals surface area contributed by atoms with Crippen LogP contribution < -0.4 is 0 Å². The molecule has 2 aromatic carbocycles. The quantitative estimate of drug-likeness (QED) is 0.506. The predicted molar refractivity (Wildman–Crippen MR) is 106 cm³/mol. The van der Waals surface area contributed by atoms with E-state index in [-0.39, 0.29) is 12.2 Å². The molecule has 0 radical (unpaired) electrons. The van der Waals surface area contributed by atoms with Gasteiger partial charge in [-0.25, -0.2) is 4.79 Å². The van der Waals surface area contributed by atoms with Crippen molar-refractivity contribution in [3.8, 4) is 0 Å². The van der Waals surface area contributed by atoms with Crippen molar-refractivity contribution in [3.05, 3.63) is 74.8 Å². The van der Waals surface area contributed by atoms with Gasteiger partial charge in [0.25, 0.3) is 0 Å². The van der Waals surface area contributed by atoms with Crippen LogP contribution in [0.15, 0.2) is 36.4 Å². The fourth-order valence-corrected chi connectivity index (χ4v) is 3.14. The SMILES string of the molecule is CCOC(=O)c1ccc(/C=C/C(c2cc(C)c(C)c(Cl)c2)C(F)(F)F)cc1C. The maximum absolute atomic E-state index is 13.7. The number of hydrogen-bond donors (Lipinski definition) is 0. The number of carbonyl (C=O) groups excluding carboxylic acids is 1.